The molecule has 1 unspecified atom stereocenters. The Morgan fingerprint density at radius 2 is 1.97 bits per heavy atom. The lowest BCUT2D eigenvalue weighted by atomic mass is 10.0. The summed E-state index contributed by atoms with van der Waals surface area (Å²) in [5.41, 5.74) is 10.9. The van der Waals surface area contributed by atoms with Gasteiger partial charge in [-0.05, 0) is 66.6 Å². The van der Waals surface area contributed by atoms with E-state index in [1.165, 1.54) is 17.2 Å². The first-order valence-corrected chi connectivity index (χ1v) is 11.0. The summed E-state index contributed by atoms with van der Waals surface area (Å²) in [7, 11) is 0. The predicted molar refractivity (Wildman–Crippen MR) is 125 cm³/mol. The third-order valence-corrected chi connectivity index (χ3v) is 6.14. The van der Waals surface area contributed by atoms with Crippen molar-refractivity contribution in [3.8, 4) is 11.5 Å². The average Bonchev–Trinajstić information content (AvgIpc) is 3.39. The number of nitrogens with one attached hydrogen (secondary N) is 2. The molecule has 168 valence electrons. The van der Waals surface area contributed by atoms with Crippen LogP contribution in [-0.4, -0.2) is 28.0 Å². The smallest absolute Gasteiger partial charge is 0.237 e. The SMILES string of the molecule is Cc1c[nH]c2nccc(Oc3ccc(CC(N)C(=O)NC4Cc5ccccc5C4)cc3F)c12. The summed E-state index contributed by atoms with van der Waals surface area (Å²) in [4.78, 5) is 19.9. The first-order valence-electron chi connectivity index (χ1n) is 11.0. The highest BCUT2D eigenvalue weighted by Gasteiger charge is 2.25. The molecule has 0 spiro atoms. The van der Waals surface area contributed by atoms with Crippen molar-refractivity contribution in [2.75, 3.05) is 0 Å². The number of hydrogen-bond donors (Lipinski definition) is 3. The number of ether oxygens (including phenoxy) is 1. The van der Waals surface area contributed by atoms with Gasteiger partial charge in [-0.3, -0.25) is 4.79 Å². The number of hydrogen-bond acceptors (Lipinski definition) is 4. The lowest BCUT2D eigenvalue weighted by Gasteiger charge is -2.17. The Hall–Kier alpha value is -3.71. The van der Waals surface area contributed by atoms with Gasteiger partial charge in [0.25, 0.3) is 0 Å². The number of nitrogens with zero attached hydrogens (tertiary/aromatic N) is 1. The van der Waals surface area contributed by atoms with Gasteiger partial charge in [0.05, 0.1) is 11.4 Å². The topological polar surface area (TPSA) is 93.0 Å². The number of fused-ring (bicyclic) bond motifs is 2. The number of carbonyl (C=O) groups excluding carboxylic acids is 1. The van der Waals surface area contributed by atoms with Gasteiger partial charge in [-0.1, -0.05) is 30.3 Å². The number of carbonyl (C=O) groups is 1. The molecule has 2 heterocycles. The Bertz CT molecular complexity index is 1310. The molecule has 0 fully saturated rings. The van der Waals surface area contributed by atoms with Crippen LogP contribution < -0.4 is 15.8 Å². The number of aromatic nitrogens is 2. The van der Waals surface area contributed by atoms with Crippen molar-refractivity contribution in [2.45, 2.75) is 38.3 Å². The van der Waals surface area contributed by atoms with Gasteiger partial charge in [-0.15, -0.1) is 0 Å². The molecule has 33 heavy (non-hydrogen) atoms. The molecular formula is C26H25FN4O2. The van der Waals surface area contributed by atoms with Crippen LogP contribution in [-0.2, 0) is 24.1 Å². The van der Waals surface area contributed by atoms with Crippen LogP contribution >= 0.6 is 0 Å². The molecule has 1 atom stereocenters. The van der Waals surface area contributed by atoms with E-state index in [2.05, 4.69) is 27.4 Å². The van der Waals surface area contributed by atoms with E-state index in [0.29, 0.717) is 17.0 Å². The quantitative estimate of drug-likeness (QED) is 0.420. The number of rotatable bonds is 6. The summed E-state index contributed by atoms with van der Waals surface area (Å²) in [6.45, 7) is 1.93. The van der Waals surface area contributed by atoms with Gasteiger partial charge in [0.2, 0.25) is 5.91 Å². The normalized spacial score (nSPS) is 14.3. The summed E-state index contributed by atoms with van der Waals surface area (Å²) in [6, 6.07) is 13.8. The van der Waals surface area contributed by atoms with Crippen molar-refractivity contribution < 1.29 is 13.9 Å². The third kappa shape index (κ3) is 4.32. The highest BCUT2D eigenvalue weighted by Crippen LogP contribution is 2.32. The zero-order chi connectivity index (χ0) is 22.9. The number of aromatic amines is 1. The summed E-state index contributed by atoms with van der Waals surface area (Å²) >= 11 is 0. The number of halogens is 1. The zero-order valence-electron chi connectivity index (χ0n) is 18.3. The minimum absolute atomic E-state index is 0.0440. The van der Waals surface area contributed by atoms with Crippen LogP contribution in [0.4, 0.5) is 4.39 Å². The summed E-state index contributed by atoms with van der Waals surface area (Å²) in [5.74, 6) is -0.104. The molecule has 2 aromatic carbocycles. The van der Waals surface area contributed by atoms with E-state index in [0.717, 1.165) is 23.8 Å². The molecule has 4 aromatic rings. The van der Waals surface area contributed by atoms with E-state index in [-0.39, 0.29) is 24.1 Å². The molecule has 0 saturated heterocycles. The van der Waals surface area contributed by atoms with Gasteiger partial charge in [0.15, 0.2) is 11.6 Å². The van der Waals surface area contributed by atoms with Crippen LogP contribution in [0.5, 0.6) is 11.5 Å². The first-order chi connectivity index (χ1) is 16.0. The van der Waals surface area contributed by atoms with E-state index in [4.69, 9.17) is 10.5 Å². The monoisotopic (exact) mass is 444 g/mol. The summed E-state index contributed by atoms with van der Waals surface area (Å²) in [5, 5.41) is 3.85. The Balaban J connectivity index is 1.23. The number of H-pyrrole nitrogens is 1. The van der Waals surface area contributed by atoms with Gasteiger partial charge in [0, 0.05) is 18.4 Å². The van der Waals surface area contributed by atoms with E-state index in [1.807, 2.05) is 25.3 Å². The molecule has 7 heteroatoms. The zero-order valence-corrected chi connectivity index (χ0v) is 18.3. The summed E-state index contributed by atoms with van der Waals surface area (Å²) < 4.78 is 20.6. The molecule has 0 aliphatic heterocycles. The molecule has 1 aliphatic carbocycles. The number of aryl methyl sites for hydroxylation is 1. The molecule has 4 N–H and O–H groups in total. The first kappa shape index (κ1) is 21.2. The second-order valence-electron chi connectivity index (χ2n) is 8.56. The minimum Gasteiger partial charge on any atom is -0.453 e. The molecule has 2 aromatic heterocycles. The number of amides is 1. The number of nitrogens with two attached hydrogens (primary N) is 1. The van der Waals surface area contributed by atoms with Crippen LogP contribution in [0.15, 0.2) is 60.9 Å². The predicted octanol–water partition coefficient (Wildman–Crippen LogP) is 3.96. The van der Waals surface area contributed by atoms with Gasteiger partial charge in [-0.25, -0.2) is 9.37 Å². The van der Waals surface area contributed by atoms with Gasteiger partial charge in [0.1, 0.15) is 11.4 Å². The van der Waals surface area contributed by atoms with Crippen LogP contribution in [0, 0.1) is 12.7 Å². The van der Waals surface area contributed by atoms with E-state index in [1.54, 1.807) is 24.4 Å². The largest absolute Gasteiger partial charge is 0.453 e. The lowest BCUT2D eigenvalue weighted by molar-refractivity contribution is -0.123. The Kier molecular flexibility index (Phi) is 5.56. The van der Waals surface area contributed by atoms with Crippen LogP contribution in [0.3, 0.4) is 0 Å². The highest BCUT2D eigenvalue weighted by molar-refractivity contribution is 5.86. The van der Waals surface area contributed by atoms with Crippen LogP contribution in [0.1, 0.15) is 22.3 Å². The number of benzene rings is 2. The second kappa shape index (κ2) is 8.67. The Morgan fingerprint density at radius 1 is 1.21 bits per heavy atom. The van der Waals surface area contributed by atoms with Crippen molar-refractivity contribution >= 4 is 16.9 Å². The van der Waals surface area contributed by atoms with E-state index >= 15 is 0 Å². The molecule has 5 rings (SSSR count). The van der Waals surface area contributed by atoms with Gasteiger partial charge in [-0.2, -0.15) is 0 Å². The van der Waals surface area contributed by atoms with Crippen molar-refractivity contribution in [3.63, 3.8) is 0 Å². The Labute approximate surface area is 191 Å². The molecule has 0 radical (unpaired) electrons. The maximum atomic E-state index is 14.8. The highest BCUT2D eigenvalue weighted by atomic mass is 19.1. The molecule has 0 bridgehead atoms. The van der Waals surface area contributed by atoms with Gasteiger partial charge < -0.3 is 20.8 Å². The fourth-order valence-corrected chi connectivity index (χ4v) is 4.46. The average molecular weight is 445 g/mol. The third-order valence-electron chi connectivity index (χ3n) is 6.14. The molecule has 1 amide bonds. The van der Waals surface area contributed by atoms with Crippen molar-refractivity contribution in [2.24, 2.45) is 5.73 Å². The summed E-state index contributed by atoms with van der Waals surface area (Å²) in [6.07, 6.45) is 5.29. The fraction of sp³-hybridized carbons (Fsp3) is 0.231. The minimum atomic E-state index is -0.762. The number of pyridine rings is 1. The van der Waals surface area contributed by atoms with E-state index < -0.39 is 11.9 Å². The van der Waals surface area contributed by atoms with E-state index in [9.17, 15) is 9.18 Å². The van der Waals surface area contributed by atoms with Crippen LogP contribution in [0.2, 0.25) is 0 Å². The van der Waals surface area contributed by atoms with Crippen molar-refractivity contribution in [3.05, 3.63) is 89.0 Å². The standard InChI is InChI=1S/C26H25FN4O2/c1-15-14-30-25-24(15)23(8-9-29-25)33-22-7-6-16(10-20(22)27)11-21(28)26(32)31-19-12-17-4-2-3-5-18(17)13-19/h2-10,14,19,21H,11-13,28H2,1H3,(H,29,30)(H,31,32). The fourth-order valence-electron chi connectivity index (χ4n) is 4.46. The molecule has 1 aliphatic rings. The van der Waals surface area contributed by atoms with Gasteiger partial charge >= 0.3 is 0 Å². The molecule has 0 saturated carbocycles. The maximum absolute atomic E-state index is 14.8. The second-order valence-corrected chi connectivity index (χ2v) is 8.56. The van der Waals surface area contributed by atoms with Crippen LogP contribution in [0.25, 0.3) is 11.0 Å². The van der Waals surface area contributed by atoms with Crippen molar-refractivity contribution in [1.82, 2.24) is 15.3 Å². The maximum Gasteiger partial charge on any atom is 0.237 e. The molecular weight excluding hydrogens is 419 g/mol. The van der Waals surface area contributed by atoms with Crippen molar-refractivity contribution in [1.29, 1.82) is 0 Å². The Morgan fingerprint density at radius 3 is 2.70 bits per heavy atom. The lowest BCUT2D eigenvalue weighted by Crippen LogP contribution is -2.46. The molecule has 6 nitrogen and oxygen atoms in total.